The van der Waals surface area contributed by atoms with Gasteiger partial charge >= 0.3 is 0 Å². The average Bonchev–Trinajstić information content (AvgIpc) is 1.98. The van der Waals surface area contributed by atoms with Crippen LogP contribution >= 0.6 is 39.9 Å². The summed E-state index contributed by atoms with van der Waals surface area (Å²) >= 11 is 9.14. The minimum atomic E-state index is 0. The molecule has 0 aliphatic carbocycles. The molecule has 0 bridgehead atoms. The minimum Gasteiger partial charge on any atom is -0.271 e. The zero-order valence-corrected chi connectivity index (χ0v) is 9.34. The van der Waals surface area contributed by atoms with Crippen LogP contribution in [0.4, 0.5) is 0 Å². The first-order chi connectivity index (χ1) is 5.24. The highest BCUT2D eigenvalue weighted by atomic mass is 79.9. The topological polar surface area (TPSA) is 38.0 Å². The summed E-state index contributed by atoms with van der Waals surface area (Å²) in [5, 5.41) is 0.721. The second-order valence-corrected chi connectivity index (χ2v) is 3.41. The van der Waals surface area contributed by atoms with Crippen molar-refractivity contribution in [3.8, 4) is 0 Å². The van der Waals surface area contributed by atoms with Gasteiger partial charge in [0, 0.05) is 16.0 Å². The van der Waals surface area contributed by atoms with Crippen LogP contribution < -0.4 is 11.3 Å². The Kier molecular flexibility index (Phi) is 5.88. The Labute approximate surface area is 91.0 Å². The van der Waals surface area contributed by atoms with Crippen LogP contribution in [0.2, 0.25) is 5.02 Å². The normalized spacial score (nSPS) is 9.25. The predicted octanol–water partition coefficient (Wildman–Crippen LogP) is 2.49. The average molecular weight is 272 g/mol. The first-order valence-electron chi connectivity index (χ1n) is 3.11. The summed E-state index contributed by atoms with van der Waals surface area (Å²) in [6, 6.07) is 5.59. The van der Waals surface area contributed by atoms with Crippen molar-refractivity contribution in [2.24, 2.45) is 5.84 Å². The lowest BCUT2D eigenvalue weighted by molar-refractivity contribution is 0.739. The molecule has 68 valence electrons. The van der Waals surface area contributed by atoms with E-state index >= 15 is 0 Å². The number of benzene rings is 1. The number of rotatable bonds is 2. The molecule has 1 rings (SSSR count). The Balaban J connectivity index is 0.00000121. The lowest BCUT2D eigenvalue weighted by atomic mass is 10.2. The molecular weight excluding hydrogens is 263 g/mol. The summed E-state index contributed by atoms with van der Waals surface area (Å²) in [5.41, 5.74) is 3.62. The van der Waals surface area contributed by atoms with E-state index in [4.69, 9.17) is 17.4 Å². The number of hydrogen-bond donors (Lipinski definition) is 2. The molecule has 12 heavy (non-hydrogen) atoms. The van der Waals surface area contributed by atoms with Gasteiger partial charge in [-0.1, -0.05) is 27.5 Å². The van der Waals surface area contributed by atoms with Crippen LogP contribution in [0.15, 0.2) is 22.7 Å². The lowest BCUT2D eigenvalue weighted by Gasteiger charge is -2.02. The molecule has 0 fully saturated rings. The minimum absolute atomic E-state index is 0. The highest BCUT2D eigenvalue weighted by molar-refractivity contribution is 9.10. The Hall–Kier alpha value is 0.200. The highest BCUT2D eigenvalue weighted by Crippen LogP contribution is 2.20. The molecular formula is C7H9BrCl2N2. The van der Waals surface area contributed by atoms with E-state index in [9.17, 15) is 0 Å². The maximum atomic E-state index is 5.76. The molecule has 1 aromatic carbocycles. The standard InChI is InChI=1S/C7H8BrClN2.ClH/c8-7-2-1-6(9)3-5(7)4-11-10;/h1-3,11H,4,10H2;1H. The van der Waals surface area contributed by atoms with Crippen LogP contribution in [0.25, 0.3) is 0 Å². The molecule has 0 aliphatic rings. The molecule has 0 amide bonds. The van der Waals surface area contributed by atoms with Crippen molar-refractivity contribution in [1.82, 2.24) is 5.43 Å². The molecule has 0 radical (unpaired) electrons. The van der Waals surface area contributed by atoms with Gasteiger partial charge in [0.25, 0.3) is 0 Å². The van der Waals surface area contributed by atoms with Crippen molar-refractivity contribution in [2.45, 2.75) is 6.54 Å². The zero-order chi connectivity index (χ0) is 8.27. The molecule has 0 saturated heterocycles. The van der Waals surface area contributed by atoms with Gasteiger partial charge in [-0.3, -0.25) is 11.3 Å². The number of hydrogen-bond acceptors (Lipinski definition) is 2. The first kappa shape index (κ1) is 12.2. The van der Waals surface area contributed by atoms with Gasteiger partial charge in [-0.2, -0.15) is 0 Å². The summed E-state index contributed by atoms with van der Waals surface area (Å²) in [4.78, 5) is 0. The Bertz CT molecular complexity index is 255. The third kappa shape index (κ3) is 3.29. The largest absolute Gasteiger partial charge is 0.271 e. The van der Waals surface area contributed by atoms with Crippen LogP contribution in [-0.4, -0.2) is 0 Å². The second-order valence-electron chi connectivity index (χ2n) is 2.12. The molecule has 0 saturated carbocycles. The summed E-state index contributed by atoms with van der Waals surface area (Å²) in [6.45, 7) is 0.612. The fraction of sp³-hybridized carbons (Fsp3) is 0.143. The molecule has 0 unspecified atom stereocenters. The third-order valence-electron chi connectivity index (χ3n) is 1.30. The van der Waals surface area contributed by atoms with Gasteiger partial charge in [0.2, 0.25) is 0 Å². The monoisotopic (exact) mass is 270 g/mol. The van der Waals surface area contributed by atoms with E-state index in [2.05, 4.69) is 21.4 Å². The van der Waals surface area contributed by atoms with Crippen LogP contribution in [0.1, 0.15) is 5.56 Å². The summed E-state index contributed by atoms with van der Waals surface area (Å²) in [6.07, 6.45) is 0. The highest BCUT2D eigenvalue weighted by Gasteiger charge is 1.98. The van der Waals surface area contributed by atoms with Crippen molar-refractivity contribution in [3.05, 3.63) is 33.3 Å². The maximum absolute atomic E-state index is 5.76. The molecule has 0 atom stereocenters. The fourth-order valence-electron chi connectivity index (χ4n) is 0.789. The quantitative estimate of drug-likeness (QED) is 0.641. The molecule has 3 N–H and O–H groups in total. The van der Waals surface area contributed by atoms with E-state index in [0.717, 1.165) is 15.1 Å². The SMILES string of the molecule is Cl.NNCc1cc(Cl)ccc1Br. The van der Waals surface area contributed by atoms with Gasteiger partial charge < -0.3 is 0 Å². The third-order valence-corrected chi connectivity index (χ3v) is 2.31. The van der Waals surface area contributed by atoms with Gasteiger partial charge in [-0.05, 0) is 23.8 Å². The van der Waals surface area contributed by atoms with Gasteiger partial charge in [-0.15, -0.1) is 12.4 Å². The Morgan fingerprint density at radius 1 is 1.50 bits per heavy atom. The van der Waals surface area contributed by atoms with Gasteiger partial charge in [0.15, 0.2) is 0 Å². The second kappa shape index (κ2) is 5.78. The van der Waals surface area contributed by atoms with Crippen molar-refractivity contribution in [3.63, 3.8) is 0 Å². The van der Waals surface area contributed by atoms with Crippen LogP contribution in [0, 0.1) is 0 Å². The van der Waals surface area contributed by atoms with E-state index in [0.29, 0.717) is 6.54 Å². The van der Waals surface area contributed by atoms with Crippen molar-refractivity contribution < 1.29 is 0 Å². The van der Waals surface area contributed by atoms with Gasteiger partial charge in [-0.25, -0.2) is 0 Å². The lowest BCUT2D eigenvalue weighted by Crippen LogP contribution is -2.20. The van der Waals surface area contributed by atoms with E-state index in [-0.39, 0.29) is 12.4 Å². The van der Waals surface area contributed by atoms with E-state index in [1.54, 1.807) is 0 Å². The van der Waals surface area contributed by atoms with Crippen LogP contribution in [-0.2, 0) is 6.54 Å². The number of nitrogens with two attached hydrogens (primary N) is 1. The number of hydrazine groups is 1. The Morgan fingerprint density at radius 2 is 2.17 bits per heavy atom. The predicted molar refractivity (Wildman–Crippen MR) is 57.4 cm³/mol. The van der Waals surface area contributed by atoms with Crippen LogP contribution in [0.3, 0.4) is 0 Å². The summed E-state index contributed by atoms with van der Waals surface area (Å²) in [5.74, 6) is 5.17. The van der Waals surface area contributed by atoms with Gasteiger partial charge in [0.05, 0.1) is 0 Å². The zero-order valence-electron chi connectivity index (χ0n) is 6.18. The Morgan fingerprint density at radius 3 is 2.75 bits per heavy atom. The van der Waals surface area contributed by atoms with Crippen molar-refractivity contribution in [1.29, 1.82) is 0 Å². The molecule has 0 heterocycles. The van der Waals surface area contributed by atoms with E-state index < -0.39 is 0 Å². The van der Waals surface area contributed by atoms with Crippen molar-refractivity contribution >= 4 is 39.9 Å². The maximum Gasteiger partial charge on any atom is 0.0410 e. The summed E-state index contributed by atoms with van der Waals surface area (Å²) < 4.78 is 1.01. The molecule has 0 aromatic heterocycles. The smallest absolute Gasteiger partial charge is 0.0410 e. The first-order valence-corrected chi connectivity index (χ1v) is 4.28. The van der Waals surface area contributed by atoms with Crippen LogP contribution in [0.5, 0.6) is 0 Å². The van der Waals surface area contributed by atoms with Crippen molar-refractivity contribution in [2.75, 3.05) is 0 Å². The molecule has 0 aliphatic heterocycles. The van der Waals surface area contributed by atoms with E-state index in [1.165, 1.54) is 0 Å². The van der Waals surface area contributed by atoms with Gasteiger partial charge in [0.1, 0.15) is 0 Å². The molecule has 2 nitrogen and oxygen atoms in total. The number of halogens is 3. The molecule has 5 heteroatoms. The molecule has 1 aromatic rings. The fourth-order valence-corrected chi connectivity index (χ4v) is 1.37. The summed E-state index contributed by atoms with van der Waals surface area (Å²) in [7, 11) is 0. The molecule has 0 spiro atoms. The van der Waals surface area contributed by atoms with E-state index in [1.807, 2.05) is 18.2 Å². The number of nitrogens with one attached hydrogen (secondary N) is 1.